The number of rotatable bonds is 5. The molecule has 0 bridgehead atoms. The lowest BCUT2D eigenvalue weighted by Gasteiger charge is -2.34. The van der Waals surface area contributed by atoms with Gasteiger partial charge in [-0.3, -0.25) is 4.79 Å². The lowest BCUT2D eigenvalue weighted by atomic mass is 10.2. The fraction of sp³-hybridized carbons (Fsp3) is 0.350. The molecule has 1 amide bonds. The standard InChI is InChI=1S/C20H23Cl2N3O2/c1-14(27-19-8-3-15(21)13-18(19)22)20(26)23-16-4-6-17(7-5-16)25-11-9-24(2)10-12-25/h3-8,13-14H,9-12H2,1-2H3,(H,23,26)/t14-/m0/s1. The highest BCUT2D eigenvalue weighted by Crippen LogP contribution is 2.28. The summed E-state index contributed by atoms with van der Waals surface area (Å²) in [5.41, 5.74) is 1.90. The molecule has 0 spiro atoms. The molecule has 27 heavy (non-hydrogen) atoms. The fourth-order valence-electron chi connectivity index (χ4n) is 2.88. The lowest BCUT2D eigenvalue weighted by Crippen LogP contribution is -2.44. The van der Waals surface area contributed by atoms with E-state index in [0.29, 0.717) is 15.8 Å². The molecule has 1 aliphatic heterocycles. The fourth-order valence-corrected chi connectivity index (χ4v) is 3.33. The Balaban J connectivity index is 1.57. The number of ether oxygens (including phenoxy) is 1. The minimum Gasteiger partial charge on any atom is -0.479 e. The molecule has 1 heterocycles. The number of nitrogens with one attached hydrogen (secondary N) is 1. The van der Waals surface area contributed by atoms with E-state index in [1.165, 1.54) is 5.69 Å². The van der Waals surface area contributed by atoms with Gasteiger partial charge < -0.3 is 19.9 Å². The molecule has 0 saturated carbocycles. The number of likely N-dealkylation sites (N-methyl/N-ethyl adjacent to an activating group) is 1. The van der Waals surface area contributed by atoms with Crippen molar-refractivity contribution in [1.29, 1.82) is 0 Å². The molecule has 5 nitrogen and oxygen atoms in total. The van der Waals surface area contributed by atoms with E-state index in [1.807, 2.05) is 24.3 Å². The van der Waals surface area contributed by atoms with E-state index in [2.05, 4.69) is 22.2 Å². The number of amides is 1. The van der Waals surface area contributed by atoms with Gasteiger partial charge in [0.25, 0.3) is 5.91 Å². The van der Waals surface area contributed by atoms with Gasteiger partial charge in [-0.1, -0.05) is 23.2 Å². The van der Waals surface area contributed by atoms with Crippen LogP contribution in [0.25, 0.3) is 0 Å². The van der Waals surface area contributed by atoms with Crippen LogP contribution in [0, 0.1) is 0 Å². The summed E-state index contributed by atoms with van der Waals surface area (Å²) in [6.45, 7) is 5.81. The number of benzene rings is 2. The van der Waals surface area contributed by atoms with Crippen LogP contribution in [-0.4, -0.2) is 50.1 Å². The van der Waals surface area contributed by atoms with Crippen molar-refractivity contribution in [2.24, 2.45) is 0 Å². The second kappa shape index (κ2) is 8.83. The van der Waals surface area contributed by atoms with E-state index >= 15 is 0 Å². The van der Waals surface area contributed by atoms with Crippen molar-refractivity contribution in [1.82, 2.24) is 4.90 Å². The quantitative estimate of drug-likeness (QED) is 0.808. The summed E-state index contributed by atoms with van der Waals surface area (Å²) in [6, 6.07) is 12.8. The third kappa shape index (κ3) is 5.28. The van der Waals surface area contributed by atoms with Gasteiger partial charge >= 0.3 is 0 Å². The molecule has 0 aromatic heterocycles. The summed E-state index contributed by atoms with van der Waals surface area (Å²) >= 11 is 12.0. The molecule has 0 unspecified atom stereocenters. The maximum Gasteiger partial charge on any atom is 0.265 e. The molecular formula is C20H23Cl2N3O2. The van der Waals surface area contributed by atoms with Crippen molar-refractivity contribution in [2.45, 2.75) is 13.0 Å². The van der Waals surface area contributed by atoms with Crippen LogP contribution < -0.4 is 15.0 Å². The number of carbonyl (C=O) groups is 1. The molecule has 1 aliphatic rings. The van der Waals surface area contributed by atoms with E-state index in [9.17, 15) is 4.79 Å². The monoisotopic (exact) mass is 407 g/mol. The van der Waals surface area contributed by atoms with E-state index < -0.39 is 6.10 Å². The Bertz CT molecular complexity index is 790. The van der Waals surface area contributed by atoms with Crippen LogP contribution in [0.2, 0.25) is 10.0 Å². The maximum atomic E-state index is 12.4. The molecule has 1 atom stereocenters. The molecule has 2 aromatic rings. The first-order chi connectivity index (χ1) is 12.9. The van der Waals surface area contributed by atoms with Crippen molar-refractivity contribution in [3.63, 3.8) is 0 Å². The summed E-state index contributed by atoms with van der Waals surface area (Å²) in [6.07, 6.45) is -0.694. The van der Waals surface area contributed by atoms with Crippen LogP contribution in [0.1, 0.15) is 6.92 Å². The van der Waals surface area contributed by atoms with Gasteiger partial charge in [0.2, 0.25) is 0 Å². The smallest absolute Gasteiger partial charge is 0.265 e. The van der Waals surface area contributed by atoms with Gasteiger partial charge in [0.05, 0.1) is 5.02 Å². The third-order valence-corrected chi connectivity index (χ3v) is 5.10. The van der Waals surface area contributed by atoms with Crippen LogP contribution in [0.4, 0.5) is 11.4 Å². The maximum absolute atomic E-state index is 12.4. The van der Waals surface area contributed by atoms with Crippen molar-refractivity contribution in [3.8, 4) is 5.75 Å². The first-order valence-corrected chi connectivity index (χ1v) is 9.64. The first-order valence-electron chi connectivity index (χ1n) is 8.88. The molecular weight excluding hydrogens is 385 g/mol. The molecule has 7 heteroatoms. The number of hydrogen-bond donors (Lipinski definition) is 1. The zero-order chi connectivity index (χ0) is 19.4. The van der Waals surface area contributed by atoms with E-state index in [-0.39, 0.29) is 5.91 Å². The van der Waals surface area contributed by atoms with Crippen molar-refractivity contribution >= 4 is 40.5 Å². The molecule has 1 saturated heterocycles. The van der Waals surface area contributed by atoms with Crippen LogP contribution in [-0.2, 0) is 4.79 Å². The summed E-state index contributed by atoms with van der Waals surface area (Å²) in [4.78, 5) is 17.1. The highest BCUT2D eigenvalue weighted by atomic mass is 35.5. The largest absolute Gasteiger partial charge is 0.479 e. The van der Waals surface area contributed by atoms with Gasteiger partial charge in [-0.25, -0.2) is 0 Å². The lowest BCUT2D eigenvalue weighted by molar-refractivity contribution is -0.122. The highest BCUT2D eigenvalue weighted by Gasteiger charge is 2.17. The summed E-state index contributed by atoms with van der Waals surface area (Å²) < 4.78 is 5.65. The molecule has 2 aromatic carbocycles. The van der Waals surface area contributed by atoms with Gasteiger partial charge in [0.15, 0.2) is 6.10 Å². The van der Waals surface area contributed by atoms with Gasteiger partial charge in [-0.05, 0) is 56.4 Å². The van der Waals surface area contributed by atoms with Crippen LogP contribution >= 0.6 is 23.2 Å². The Morgan fingerprint density at radius 3 is 2.37 bits per heavy atom. The van der Waals surface area contributed by atoms with Crippen LogP contribution in [0.3, 0.4) is 0 Å². The zero-order valence-corrected chi connectivity index (χ0v) is 16.9. The second-order valence-electron chi connectivity index (χ2n) is 6.66. The average Bonchev–Trinajstić information content (AvgIpc) is 2.65. The number of halogens is 2. The van der Waals surface area contributed by atoms with Crippen molar-refractivity contribution < 1.29 is 9.53 Å². The molecule has 1 N–H and O–H groups in total. The van der Waals surface area contributed by atoms with Crippen molar-refractivity contribution in [2.75, 3.05) is 43.4 Å². The van der Waals surface area contributed by atoms with Gasteiger partial charge in [0.1, 0.15) is 5.75 Å². The number of nitrogens with zero attached hydrogens (tertiary/aromatic N) is 2. The van der Waals surface area contributed by atoms with E-state index in [0.717, 1.165) is 31.9 Å². The van der Waals surface area contributed by atoms with E-state index in [4.69, 9.17) is 27.9 Å². The number of anilines is 2. The first kappa shape index (κ1) is 19.8. The summed E-state index contributed by atoms with van der Waals surface area (Å²) in [5, 5.41) is 3.76. The Morgan fingerprint density at radius 2 is 1.74 bits per heavy atom. The highest BCUT2D eigenvalue weighted by molar-refractivity contribution is 6.35. The average molecular weight is 408 g/mol. The van der Waals surface area contributed by atoms with E-state index in [1.54, 1.807) is 25.1 Å². The Hall–Kier alpha value is -1.95. The molecule has 144 valence electrons. The summed E-state index contributed by atoms with van der Waals surface area (Å²) in [7, 11) is 2.14. The van der Waals surface area contributed by atoms with Gasteiger partial charge in [-0.2, -0.15) is 0 Å². The van der Waals surface area contributed by atoms with Gasteiger partial charge in [0, 0.05) is 42.6 Å². The Labute approximate surface area is 169 Å². The Morgan fingerprint density at radius 1 is 1.07 bits per heavy atom. The zero-order valence-electron chi connectivity index (χ0n) is 15.4. The minimum absolute atomic E-state index is 0.242. The topological polar surface area (TPSA) is 44.8 Å². The second-order valence-corrected chi connectivity index (χ2v) is 7.50. The number of carbonyl (C=O) groups excluding carboxylic acids is 1. The summed E-state index contributed by atoms with van der Waals surface area (Å²) in [5.74, 6) is 0.183. The van der Waals surface area contributed by atoms with Crippen LogP contribution in [0.5, 0.6) is 5.75 Å². The van der Waals surface area contributed by atoms with Crippen molar-refractivity contribution in [3.05, 3.63) is 52.5 Å². The molecule has 1 fully saturated rings. The third-order valence-electron chi connectivity index (χ3n) is 4.57. The predicted molar refractivity (Wildman–Crippen MR) is 111 cm³/mol. The normalized spacial score (nSPS) is 16.1. The predicted octanol–water partition coefficient (Wildman–Crippen LogP) is 4.15. The van der Waals surface area contributed by atoms with Crippen LogP contribution in [0.15, 0.2) is 42.5 Å². The Kier molecular flexibility index (Phi) is 6.47. The number of piperazine rings is 1. The molecule has 0 aliphatic carbocycles. The SMILES string of the molecule is C[C@H](Oc1ccc(Cl)cc1Cl)C(=O)Nc1ccc(N2CCN(C)CC2)cc1. The molecule has 3 rings (SSSR count). The number of hydrogen-bond acceptors (Lipinski definition) is 4. The molecule has 0 radical (unpaired) electrons. The van der Waals surface area contributed by atoms with Gasteiger partial charge in [-0.15, -0.1) is 0 Å². The minimum atomic E-state index is -0.694.